The van der Waals surface area contributed by atoms with E-state index in [-0.39, 0.29) is 0 Å². The summed E-state index contributed by atoms with van der Waals surface area (Å²) in [5.41, 5.74) is 1.34. The Morgan fingerprint density at radius 1 is 1.07 bits per heavy atom. The van der Waals surface area contributed by atoms with Gasteiger partial charge in [0.15, 0.2) is 0 Å². The summed E-state index contributed by atoms with van der Waals surface area (Å²) in [6.45, 7) is 0.993. The minimum Gasteiger partial charge on any atom is -0.310 e. The molecule has 0 unspecified atom stereocenters. The van der Waals surface area contributed by atoms with Crippen LogP contribution in [0.2, 0.25) is 0 Å². The molecule has 0 spiro atoms. The largest absolute Gasteiger partial charge is 0.310 e. The van der Waals surface area contributed by atoms with E-state index < -0.39 is 0 Å². The molecule has 15 heavy (non-hydrogen) atoms. The summed E-state index contributed by atoms with van der Waals surface area (Å²) >= 11 is 0. The van der Waals surface area contributed by atoms with Crippen LogP contribution in [0.15, 0.2) is 24.5 Å². The molecular weight excluding hydrogens is 184 g/mol. The first-order valence-electron chi connectivity index (χ1n) is 6.07. The minimum atomic E-state index is 0.737. The van der Waals surface area contributed by atoms with Crippen LogP contribution in [0.5, 0.6) is 0 Å². The number of aromatic nitrogens is 1. The molecule has 0 bridgehead atoms. The zero-order valence-electron chi connectivity index (χ0n) is 9.28. The summed E-state index contributed by atoms with van der Waals surface area (Å²) in [6.07, 6.45) is 12.1. The smallest absolute Gasteiger partial charge is 0.0271 e. The van der Waals surface area contributed by atoms with Crippen molar-refractivity contribution in [2.24, 2.45) is 0 Å². The van der Waals surface area contributed by atoms with Crippen LogP contribution in [-0.4, -0.2) is 11.0 Å². The standard InChI is InChI=1S/C13H20N2/c1-2-4-6-13(5-3-1)15-11-12-7-9-14-10-8-12/h7-10,13,15H,1-6,11H2. The molecule has 2 nitrogen and oxygen atoms in total. The summed E-state index contributed by atoms with van der Waals surface area (Å²) in [7, 11) is 0. The average Bonchev–Trinajstić information content (AvgIpc) is 2.56. The van der Waals surface area contributed by atoms with Crippen LogP contribution >= 0.6 is 0 Å². The van der Waals surface area contributed by atoms with Gasteiger partial charge in [0.2, 0.25) is 0 Å². The van der Waals surface area contributed by atoms with Gasteiger partial charge in [0.05, 0.1) is 0 Å². The molecule has 1 fully saturated rings. The lowest BCUT2D eigenvalue weighted by Crippen LogP contribution is -2.27. The van der Waals surface area contributed by atoms with E-state index in [1.807, 2.05) is 12.4 Å². The van der Waals surface area contributed by atoms with Crippen LogP contribution in [0, 0.1) is 0 Å². The Labute approximate surface area is 92.1 Å². The van der Waals surface area contributed by atoms with Crippen LogP contribution in [-0.2, 0) is 6.54 Å². The molecule has 1 heterocycles. The van der Waals surface area contributed by atoms with Gasteiger partial charge < -0.3 is 5.32 Å². The Hall–Kier alpha value is -0.890. The lowest BCUT2D eigenvalue weighted by molar-refractivity contribution is 0.459. The Balaban J connectivity index is 1.77. The maximum absolute atomic E-state index is 4.03. The maximum Gasteiger partial charge on any atom is 0.0271 e. The van der Waals surface area contributed by atoms with E-state index in [4.69, 9.17) is 0 Å². The second kappa shape index (κ2) is 5.86. The van der Waals surface area contributed by atoms with Crippen molar-refractivity contribution in [3.8, 4) is 0 Å². The zero-order chi connectivity index (χ0) is 10.3. The van der Waals surface area contributed by atoms with Gasteiger partial charge in [0, 0.05) is 25.0 Å². The van der Waals surface area contributed by atoms with Crippen molar-refractivity contribution >= 4 is 0 Å². The Morgan fingerprint density at radius 2 is 1.73 bits per heavy atom. The van der Waals surface area contributed by atoms with Gasteiger partial charge in [-0.2, -0.15) is 0 Å². The number of hydrogen-bond acceptors (Lipinski definition) is 2. The molecule has 0 radical (unpaired) electrons. The number of rotatable bonds is 3. The fourth-order valence-corrected chi connectivity index (χ4v) is 2.25. The van der Waals surface area contributed by atoms with E-state index in [2.05, 4.69) is 22.4 Å². The van der Waals surface area contributed by atoms with Crippen molar-refractivity contribution in [3.63, 3.8) is 0 Å². The number of hydrogen-bond donors (Lipinski definition) is 1. The van der Waals surface area contributed by atoms with Gasteiger partial charge in [-0.25, -0.2) is 0 Å². The van der Waals surface area contributed by atoms with E-state index >= 15 is 0 Å². The third kappa shape index (κ3) is 3.63. The first-order chi connectivity index (χ1) is 7.45. The van der Waals surface area contributed by atoms with Gasteiger partial charge in [-0.3, -0.25) is 4.98 Å². The third-order valence-corrected chi connectivity index (χ3v) is 3.20. The van der Waals surface area contributed by atoms with Crippen LogP contribution in [0.1, 0.15) is 44.1 Å². The molecule has 0 amide bonds. The molecule has 1 aliphatic carbocycles. The average molecular weight is 204 g/mol. The van der Waals surface area contributed by atoms with Crippen LogP contribution in [0.25, 0.3) is 0 Å². The molecule has 1 aliphatic rings. The monoisotopic (exact) mass is 204 g/mol. The number of pyridine rings is 1. The summed E-state index contributed by atoms with van der Waals surface area (Å²) < 4.78 is 0. The van der Waals surface area contributed by atoms with Gasteiger partial charge >= 0.3 is 0 Å². The zero-order valence-corrected chi connectivity index (χ0v) is 9.28. The first-order valence-corrected chi connectivity index (χ1v) is 6.07. The molecule has 2 heteroatoms. The summed E-state index contributed by atoms with van der Waals surface area (Å²) in [4.78, 5) is 4.03. The molecule has 0 aromatic carbocycles. The molecule has 82 valence electrons. The number of nitrogens with zero attached hydrogens (tertiary/aromatic N) is 1. The molecule has 1 aromatic heterocycles. The molecule has 1 saturated carbocycles. The van der Waals surface area contributed by atoms with Gasteiger partial charge in [0.25, 0.3) is 0 Å². The first kappa shape index (κ1) is 10.6. The fraction of sp³-hybridized carbons (Fsp3) is 0.615. The predicted octanol–water partition coefficient (Wildman–Crippen LogP) is 2.89. The maximum atomic E-state index is 4.03. The fourth-order valence-electron chi connectivity index (χ4n) is 2.25. The quantitative estimate of drug-likeness (QED) is 0.766. The lowest BCUT2D eigenvalue weighted by Gasteiger charge is -2.15. The van der Waals surface area contributed by atoms with Crippen molar-refractivity contribution < 1.29 is 0 Å². The summed E-state index contributed by atoms with van der Waals surface area (Å²) in [5.74, 6) is 0. The predicted molar refractivity (Wildman–Crippen MR) is 62.6 cm³/mol. The van der Waals surface area contributed by atoms with Crippen LogP contribution < -0.4 is 5.32 Å². The molecule has 1 N–H and O–H groups in total. The third-order valence-electron chi connectivity index (χ3n) is 3.20. The minimum absolute atomic E-state index is 0.737. The lowest BCUT2D eigenvalue weighted by atomic mass is 10.1. The van der Waals surface area contributed by atoms with E-state index in [0.29, 0.717) is 0 Å². The molecule has 0 saturated heterocycles. The Kier molecular flexibility index (Phi) is 4.15. The molecular formula is C13H20N2. The van der Waals surface area contributed by atoms with Gasteiger partial charge in [-0.15, -0.1) is 0 Å². The van der Waals surface area contributed by atoms with Gasteiger partial charge in [-0.1, -0.05) is 25.7 Å². The highest BCUT2D eigenvalue weighted by molar-refractivity contribution is 5.09. The molecule has 1 aromatic rings. The van der Waals surface area contributed by atoms with Crippen LogP contribution in [0.3, 0.4) is 0 Å². The van der Waals surface area contributed by atoms with Crippen molar-refractivity contribution in [1.29, 1.82) is 0 Å². The van der Waals surface area contributed by atoms with E-state index in [9.17, 15) is 0 Å². The topological polar surface area (TPSA) is 24.9 Å². The highest BCUT2D eigenvalue weighted by Crippen LogP contribution is 2.17. The van der Waals surface area contributed by atoms with Crippen molar-refractivity contribution in [2.75, 3.05) is 0 Å². The second-order valence-corrected chi connectivity index (χ2v) is 4.42. The van der Waals surface area contributed by atoms with E-state index in [1.165, 1.54) is 44.1 Å². The van der Waals surface area contributed by atoms with Gasteiger partial charge in [0.1, 0.15) is 0 Å². The van der Waals surface area contributed by atoms with Crippen LogP contribution in [0.4, 0.5) is 0 Å². The summed E-state index contributed by atoms with van der Waals surface area (Å²) in [6, 6.07) is 4.91. The highest BCUT2D eigenvalue weighted by Gasteiger charge is 2.10. The van der Waals surface area contributed by atoms with E-state index in [0.717, 1.165) is 12.6 Å². The van der Waals surface area contributed by atoms with Crippen molar-refractivity contribution in [1.82, 2.24) is 10.3 Å². The van der Waals surface area contributed by atoms with Crippen molar-refractivity contribution in [2.45, 2.75) is 51.1 Å². The molecule has 2 rings (SSSR count). The Morgan fingerprint density at radius 3 is 2.40 bits per heavy atom. The number of nitrogens with one attached hydrogen (secondary N) is 1. The SMILES string of the molecule is c1cc(CNC2CCCCCC2)ccn1. The normalized spacial score (nSPS) is 18.7. The van der Waals surface area contributed by atoms with E-state index in [1.54, 1.807) is 0 Å². The second-order valence-electron chi connectivity index (χ2n) is 4.42. The van der Waals surface area contributed by atoms with Crippen molar-refractivity contribution in [3.05, 3.63) is 30.1 Å². The molecule has 0 aliphatic heterocycles. The highest BCUT2D eigenvalue weighted by atomic mass is 14.9. The summed E-state index contributed by atoms with van der Waals surface area (Å²) in [5, 5.41) is 3.65. The van der Waals surface area contributed by atoms with Gasteiger partial charge in [-0.05, 0) is 30.5 Å². The molecule has 0 atom stereocenters. The Bertz CT molecular complexity index is 263.